The van der Waals surface area contributed by atoms with Crippen molar-refractivity contribution < 1.29 is 29.8 Å². The topological polar surface area (TPSA) is 149 Å². The minimum Gasteiger partial charge on any atom is -0.388 e. The maximum Gasteiger partial charge on any atom is 0.273 e. The van der Waals surface area contributed by atoms with E-state index in [0.29, 0.717) is 11.5 Å². The summed E-state index contributed by atoms with van der Waals surface area (Å²) in [6.07, 6.45) is -0.672. The number of nitrogens with one attached hydrogen (secondary N) is 1. The molecule has 2 saturated heterocycles. The Bertz CT molecular complexity index is 954. The third-order valence-corrected chi connectivity index (χ3v) is 8.81. The number of ether oxygens (including phenoxy) is 1. The van der Waals surface area contributed by atoms with Crippen LogP contribution in [-0.4, -0.2) is 111 Å². The van der Waals surface area contributed by atoms with E-state index in [1.807, 2.05) is 23.8 Å². The van der Waals surface area contributed by atoms with Gasteiger partial charge in [-0.3, -0.25) is 24.7 Å². The second-order valence-corrected chi connectivity index (χ2v) is 11.5. The van der Waals surface area contributed by atoms with Crippen LogP contribution in [0.2, 0.25) is 0 Å². The molecule has 0 saturated carbocycles. The lowest BCUT2D eigenvalue weighted by atomic mass is 9.90. The Morgan fingerprint density at radius 2 is 1.97 bits per heavy atom. The van der Waals surface area contributed by atoms with E-state index in [1.54, 1.807) is 31.5 Å². The largest absolute Gasteiger partial charge is 0.388 e. The molecule has 0 radical (unpaired) electrons. The maximum absolute atomic E-state index is 13.6. The number of nitro groups is 1. The molecule has 214 valence electrons. The molecule has 11 nitrogen and oxygen atoms in total. The van der Waals surface area contributed by atoms with Gasteiger partial charge in [-0.15, -0.1) is 11.8 Å². The average Bonchev–Trinajstić information content (AvgIpc) is 3.26. The Morgan fingerprint density at radius 1 is 1.29 bits per heavy atom. The van der Waals surface area contributed by atoms with Crippen molar-refractivity contribution in [2.24, 2.45) is 5.92 Å². The van der Waals surface area contributed by atoms with Gasteiger partial charge in [-0.25, -0.2) is 0 Å². The van der Waals surface area contributed by atoms with Crippen molar-refractivity contribution in [2.45, 2.75) is 87.6 Å². The first kappa shape index (κ1) is 30.7. The number of amides is 1. The summed E-state index contributed by atoms with van der Waals surface area (Å²) in [6, 6.07) is 4.91. The number of nitrogens with zero attached hydrogens (tertiary/aromatic N) is 3. The predicted octanol–water partition coefficient (Wildman–Crippen LogP) is 1.19. The minimum absolute atomic E-state index is 0.00313. The summed E-state index contributed by atoms with van der Waals surface area (Å²) in [5, 5.41) is 46.6. The highest BCUT2D eigenvalue weighted by atomic mass is 32.2. The van der Waals surface area contributed by atoms with Crippen molar-refractivity contribution in [1.82, 2.24) is 15.1 Å². The minimum atomic E-state index is -1.46. The number of rotatable bonds is 11. The van der Waals surface area contributed by atoms with Crippen LogP contribution in [0.4, 0.5) is 5.69 Å². The molecule has 1 aromatic rings. The fourth-order valence-corrected chi connectivity index (χ4v) is 6.32. The molecule has 4 N–H and O–H groups in total. The van der Waals surface area contributed by atoms with E-state index in [1.165, 1.54) is 17.8 Å². The second kappa shape index (κ2) is 13.5. The zero-order valence-electron chi connectivity index (χ0n) is 22.8. The van der Waals surface area contributed by atoms with Gasteiger partial charge in [0.15, 0.2) is 0 Å². The smallest absolute Gasteiger partial charge is 0.273 e. The van der Waals surface area contributed by atoms with E-state index < -0.39 is 46.9 Å². The molecule has 2 heterocycles. The first-order valence-electron chi connectivity index (χ1n) is 13.2. The van der Waals surface area contributed by atoms with Crippen LogP contribution in [0.15, 0.2) is 24.3 Å². The molecule has 0 aromatic heterocycles. The highest BCUT2D eigenvalue weighted by Gasteiger charge is 2.49. The average molecular weight is 555 g/mol. The summed E-state index contributed by atoms with van der Waals surface area (Å²) in [5.41, 5.74) is -0.289. The summed E-state index contributed by atoms with van der Waals surface area (Å²) >= 11 is 1.21. The first-order chi connectivity index (χ1) is 18.0. The van der Waals surface area contributed by atoms with Crippen LogP contribution in [0.1, 0.15) is 38.7 Å². The highest BCUT2D eigenvalue weighted by Crippen LogP contribution is 2.32. The molecule has 2 aliphatic heterocycles. The molecule has 2 aliphatic rings. The van der Waals surface area contributed by atoms with Crippen molar-refractivity contribution in [3.8, 4) is 0 Å². The molecule has 0 spiro atoms. The van der Waals surface area contributed by atoms with Crippen LogP contribution in [-0.2, 0) is 16.1 Å². The Morgan fingerprint density at radius 3 is 2.61 bits per heavy atom. The van der Waals surface area contributed by atoms with Gasteiger partial charge in [0.1, 0.15) is 29.9 Å². The van der Waals surface area contributed by atoms with Crippen molar-refractivity contribution in [2.75, 3.05) is 26.9 Å². The number of para-hydroxylation sites is 1. The van der Waals surface area contributed by atoms with Crippen molar-refractivity contribution >= 4 is 23.4 Å². The highest BCUT2D eigenvalue weighted by molar-refractivity contribution is 7.99. The van der Waals surface area contributed by atoms with Crippen LogP contribution >= 0.6 is 11.8 Å². The molecule has 0 bridgehead atoms. The molecule has 1 amide bonds. The fourth-order valence-electron chi connectivity index (χ4n) is 5.64. The number of hydrogen-bond acceptors (Lipinski definition) is 10. The van der Waals surface area contributed by atoms with E-state index in [9.17, 15) is 30.2 Å². The predicted molar refractivity (Wildman–Crippen MR) is 146 cm³/mol. The molecule has 0 aliphatic carbocycles. The van der Waals surface area contributed by atoms with E-state index in [0.717, 1.165) is 25.8 Å². The number of aliphatic hydroxyl groups excluding tert-OH is 3. The summed E-state index contributed by atoms with van der Waals surface area (Å²) in [6.45, 7) is 5.01. The second-order valence-electron chi connectivity index (χ2n) is 10.6. The number of hydrogen-bond donors (Lipinski definition) is 4. The van der Waals surface area contributed by atoms with Crippen LogP contribution in [0.3, 0.4) is 0 Å². The van der Waals surface area contributed by atoms with Crippen molar-refractivity contribution in [3.05, 3.63) is 39.9 Å². The lowest BCUT2D eigenvalue weighted by Crippen LogP contribution is -2.67. The van der Waals surface area contributed by atoms with E-state index in [-0.39, 0.29) is 24.2 Å². The molecular weight excluding hydrogens is 512 g/mol. The number of carbonyl (C=O) groups excluding carboxylic acids is 1. The van der Waals surface area contributed by atoms with Crippen molar-refractivity contribution in [3.63, 3.8) is 0 Å². The number of likely N-dealkylation sites (tertiary alicyclic amines) is 1. The van der Waals surface area contributed by atoms with Gasteiger partial charge >= 0.3 is 0 Å². The zero-order chi connectivity index (χ0) is 28.1. The summed E-state index contributed by atoms with van der Waals surface area (Å²) in [5.74, 6) is 0.228. The molecule has 2 unspecified atom stereocenters. The lowest BCUT2D eigenvalue weighted by molar-refractivity contribution is -0.385. The maximum atomic E-state index is 13.6. The normalized spacial score (nSPS) is 31.8. The summed E-state index contributed by atoms with van der Waals surface area (Å²) < 4.78 is 6.07. The zero-order valence-corrected chi connectivity index (χ0v) is 23.6. The van der Waals surface area contributed by atoms with E-state index >= 15 is 0 Å². The Kier molecular flexibility index (Phi) is 10.9. The fraction of sp³-hybridized carbons (Fsp3) is 0.731. The molecule has 1 aromatic carbocycles. The first-order valence-corrected chi connectivity index (χ1v) is 14.4. The Hall–Kier alpha value is -1.80. The SMILES string of the molecule is CCC[C@@H]1C[C@@H](C(=O)N[C@@H]([C@H]2OC(SC)[C@H](O)[C@H](O)C2O)[C@H](C)N(C)Cc2ccccc2[N+](=O)[O-])N(C)C1. The van der Waals surface area contributed by atoms with Crippen LogP contribution in [0.5, 0.6) is 0 Å². The monoisotopic (exact) mass is 554 g/mol. The molecule has 3 rings (SSSR count). The molecular formula is C26H42N4O7S. The molecule has 38 heavy (non-hydrogen) atoms. The van der Waals surface area contributed by atoms with E-state index in [2.05, 4.69) is 12.2 Å². The van der Waals surface area contributed by atoms with Crippen LogP contribution < -0.4 is 5.32 Å². The van der Waals surface area contributed by atoms with Gasteiger partial charge in [0, 0.05) is 30.8 Å². The van der Waals surface area contributed by atoms with Crippen molar-refractivity contribution in [1.29, 1.82) is 0 Å². The number of carbonyl (C=O) groups is 1. The van der Waals surface area contributed by atoms with Gasteiger partial charge in [0.05, 0.1) is 17.0 Å². The Balaban J connectivity index is 1.87. The molecule has 12 heteroatoms. The van der Waals surface area contributed by atoms with Crippen LogP contribution in [0, 0.1) is 16.0 Å². The van der Waals surface area contributed by atoms with Gasteiger partial charge < -0.3 is 25.4 Å². The third-order valence-electron chi connectivity index (χ3n) is 7.96. The van der Waals surface area contributed by atoms with Crippen LogP contribution in [0.25, 0.3) is 0 Å². The van der Waals surface area contributed by atoms with Gasteiger partial charge in [-0.2, -0.15) is 0 Å². The number of benzene rings is 1. The number of aliphatic hydroxyl groups is 3. The van der Waals surface area contributed by atoms with Gasteiger partial charge in [-0.05, 0) is 46.0 Å². The van der Waals surface area contributed by atoms with Gasteiger partial charge in [0.2, 0.25) is 5.91 Å². The molecule has 2 fully saturated rings. The number of nitro benzene ring substituents is 1. The Labute approximate surface area is 228 Å². The lowest BCUT2D eigenvalue weighted by Gasteiger charge is -2.46. The van der Waals surface area contributed by atoms with Gasteiger partial charge in [0.25, 0.3) is 5.69 Å². The number of likely N-dealkylation sites (N-methyl/N-ethyl adjacent to an activating group) is 2. The third kappa shape index (κ3) is 6.85. The van der Waals surface area contributed by atoms with E-state index in [4.69, 9.17) is 4.74 Å². The standard InChI is InChI=1S/C26H42N4O7S/c1-6-9-16-12-19(29(4)13-16)25(34)27-20(24-22(32)21(31)23(33)26(37-24)38-5)15(2)28(3)14-17-10-7-8-11-18(17)30(35)36/h7-8,10-11,15-16,19-24,26,31-33H,6,9,12-14H2,1-5H3,(H,27,34)/t15-,16+,19-,20+,21+,22?,23+,24+,26?/m0/s1. The quantitative estimate of drug-likeness (QED) is 0.232. The summed E-state index contributed by atoms with van der Waals surface area (Å²) in [7, 11) is 3.71. The number of thioether (sulfide) groups is 1. The van der Waals surface area contributed by atoms with Gasteiger partial charge in [-0.1, -0.05) is 31.5 Å². The summed E-state index contributed by atoms with van der Waals surface area (Å²) in [4.78, 5) is 28.6. The molecule has 9 atom stereocenters.